The molecule has 2 aromatic heterocycles. The lowest BCUT2D eigenvalue weighted by Crippen LogP contribution is -2.51. The second-order valence-corrected chi connectivity index (χ2v) is 6.67. The third-order valence-corrected chi connectivity index (χ3v) is 4.38. The summed E-state index contributed by atoms with van der Waals surface area (Å²) in [6.07, 6.45) is 4.41. The van der Waals surface area contributed by atoms with Gasteiger partial charge in [0.25, 0.3) is 5.41 Å². The quantitative estimate of drug-likeness (QED) is 0.241. The van der Waals surface area contributed by atoms with Crippen molar-refractivity contribution < 1.29 is 28.6 Å². The van der Waals surface area contributed by atoms with Gasteiger partial charge >= 0.3 is 17.9 Å². The van der Waals surface area contributed by atoms with Gasteiger partial charge in [0.15, 0.2) is 0 Å². The summed E-state index contributed by atoms with van der Waals surface area (Å²) in [4.78, 5) is 42.3. The zero-order chi connectivity index (χ0) is 22.1. The van der Waals surface area contributed by atoms with Crippen LogP contribution in [-0.4, -0.2) is 52.5 Å². The van der Waals surface area contributed by atoms with Gasteiger partial charge in [-0.15, -0.1) is 0 Å². The van der Waals surface area contributed by atoms with E-state index < -0.39 is 23.3 Å². The van der Waals surface area contributed by atoms with E-state index in [1.165, 1.54) is 6.20 Å². The summed E-state index contributed by atoms with van der Waals surface area (Å²) in [7, 11) is 0. The normalized spacial score (nSPS) is 11.1. The molecule has 10 heteroatoms. The second-order valence-electron chi connectivity index (χ2n) is 6.28. The fourth-order valence-electron chi connectivity index (χ4n) is 2.81. The van der Waals surface area contributed by atoms with E-state index in [0.717, 1.165) is 5.56 Å². The number of aromatic nitrogens is 3. The molecule has 0 fully saturated rings. The van der Waals surface area contributed by atoms with E-state index in [1.807, 2.05) is 0 Å². The van der Waals surface area contributed by atoms with Gasteiger partial charge in [-0.05, 0) is 38.0 Å². The Bertz CT molecular complexity index is 835. The number of halogens is 1. The summed E-state index contributed by atoms with van der Waals surface area (Å²) >= 11 is 5.79. The molecule has 2 heterocycles. The van der Waals surface area contributed by atoms with E-state index in [2.05, 4.69) is 10.1 Å². The highest BCUT2D eigenvalue weighted by atomic mass is 35.5. The van der Waals surface area contributed by atoms with E-state index >= 15 is 0 Å². The molecule has 2 aromatic rings. The molecule has 9 nitrogen and oxygen atoms in total. The third kappa shape index (κ3) is 5.35. The first kappa shape index (κ1) is 23.3. The molecule has 0 N–H and O–H groups in total. The maximum absolute atomic E-state index is 12.8. The Hall–Kier alpha value is -2.94. The van der Waals surface area contributed by atoms with Gasteiger partial charge in [0.1, 0.15) is 5.15 Å². The fraction of sp³-hybridized carbons (Fsp3) is 0.450. The molecular weight excluding hydrogens is 414 g/mol. The lowest BCUT2D eigenvalue weighted by Gasteiger charge is -2.26. The van der Waals surface area contributed by atoms with Crippen molar-refractivity contribution in [2.45, 2.75) is 33.7 Å². The van der Waals surface area contributed by atoms with E-state index in [0.29, 0.717) is 17.3 Å². The van der Waals surface area contributed by atoms with Gasteiger partial charge in [0, 0.05) is 18.8 Å². The second kappa shape index (κ2) is 10.7. The highest BCUT2D eigenvalue weighted by molar-refractivity contribution is 6.29. The van der Waals surface area contributed by atoms with Crippen LogP contribution in [-0.2, 0) is 41.6 Å². The molecule has 162 valence electrons. The third-order valence-electron chi connectivity index (χ3n) is 4.16. The minimum atomic E-state index is -2.27. The van der Waals surface area contributed by atoms with Crippen molar-refractivity contribution in [3.8, 4) is 0 Å². The van der Waals surface area contributed by atoms with Crippen LogP contribution in [0.1, 0.15) is 31.9 Å². The van der Waals surface area contributed by atoms with E-state index in [1.54, 1.807) is 50.0 Å². The maximum Gasteiger partial charge on any atom is 0.335 e. The summed E-state index contributed by atoms with van der Waals surface area (Å²) in [5, 5.41) is 4.61. The predicted octanol–water partition coefficient (Wildman–Crippen LogP) is 2.20. The molecule has 0 saturated heterocycles. The predicted molar refractivity (Wildman–Crippen MR) is 107 cm³/mol. The minimum Gasteiger partial charge on any atom is -0.465 e. The maximum atomic E-state index is 12.8. The molecule has 0 aliphatic carbocycles. The Morgan fingerprint density at radius 2 is 1.50 bits per heavy atom. The van der Waals surface area contributed by atoms with Gasteiger partial charge < -0.3 is 14.2 Å². The van der Waals surface area contributed by atoms with Gasteiger partial charge in [0.2, 0.25) is 0 Å². The summed E-state index contributed by atoms with van der Waals surface area (Å²) in [6.45, 7) is 5.09. The Labute approximate surface area is 179 Å². The van der Waals surface area contributed by atoms with E-state index in [-0.39, 0.29) is 26.2 Å². The summed E-state index contributed by atoms with van der Waals surface area (Å²) in [5.41, 5.74) is -0.954. The van der Waals surface area contributed by atoms with Crippen molar-refractivity contribution in [1.82, 2.24) is 14.8 Å². The average Bonchev–Trinajstić information content (AvgIpc) is 3.15. The number of nitrogens with zero attached hydrogens (tertiary/aromatic N) is 3. The SMILES string of the molecule is CCOC(=O)C(Cc1cnn(Cc2ccc(Cl)nc2)c1)(C(=O)OCC)C(=O)OCC. The van der Waals surface area contributed by atoms with Crippen molar-refractivity contribution in [3.05, 3.63) is 47.0 Å². The van der Waals surface area contributed by atoms with Gasteiger partial charge in [-0.3, -0.25) is 19.1 Å². The fourth-order valence-corrected chi connectivity index (χ4v) is 2.92. The van der Waals surface area contributed by atoms with Gasteiger partial charge in [-0.2, -0.15) is 5.10 Å². The first-order valence-electron chi connectivity index (χ1n) is 9.50. The molecule has 0 unspecified atom stereocenters. The molecule has 0 atom stereocenters. The molecule has 0 spiro atoms. The van der Waals surface area contributed by atoms with Crippen molar-refractivity contribution in [1.29, 1.82) is 0 Å². The smallest absolute Gasteiger partial charge is 0.335 e. The number of ether oxygens (including phenoxy) is 3. The zero-order valence-corrected chi connectivity index (χ0v) is 17.8. The number of hydrogen-bond donors (Lipinski definition) is 0. The lowest BCUT2D eigenvalue weighted by atomic mass is 9.82. The van der Waals surface area contributed by atoms with Crippen LogP contribution in [0.5, 0.6) is 0 Å². The summed E-state index contributed by atoms with van der Waals surface area (Å²) < 4.78 is 16.7. The first-order valence-corrected chi connectivity index (χ1v) is 9.88. The molecule has 0 aliphatic heterocycles. The van der Waals surface area contributed by atoms with Crippen molar-refractivity contribution in [2.75, 3.05) is 19.8 Å². The van der Waals surface area contributed by atoms with Crippen molar-refractivity contribution >= 4 is 29.5 Å². The molecular formula is C20H24ClN3O6. The molecule has 0 aromatic carbocycles. The Morgan fingerprint density at radius 3 is 1.97 bits per heavy atom. The number of esters is 3. The van der Waals surface area contributed by atoms with Gasteiger partial charge in [-0.25, -0.2) is 4.98 Å². The first-order chi connectivity index (χ1) is 14.4. The molecule has 0 amide bonds. The highest BCUT2D eigenvalue weighted by Crippen LogP contribution is 2.29. The van der Waals surface area contributed by atoms with E-state index in [9.17, 15) is 14.4 Å². The Kier molecular flexibility index (Phi) is 8.35. The van der Waals surface area contributed by atoms with Crippen LogP contribution >= 0.6 is 11.6 Å². The van der Waals surface area contributed by atoms with Crippen LogP contribution in [0, 0.1) is 5.41 Å². The largest absolute Gasteiger partial charge is 0.465 e. The summed E-state index contributed by atoms with van der Waals surface area (Å²) in [6, 6.07) is 3.46. The van der Waals surface area contributed by atoms with Crippen LogP contribution < -0.4 is 0 Å². The van der Waals surface area contributed by atoms with Crippen LogP contribution in [0.15, 0.2) is 30.7 Å². The molecule has 0 radical (unpaired) electrons. The minimum absolute atomic E-state index is 0.0117. The zero-order valence-electron chi connectivity index (χ0n) is 17.1. The number of carbonyl (C=O) groups excluding carboxylic acids is 3. The number of pyridine rings is 1. The van der Waals surface area contributed by atoms with Gasteiger partial charge in [-0.1, -0.05) is 17.7 Å². The standard InChI is InChI=1S/C20H24ClN3O6/c1-4-28-17(25)20(18(26)29-5-2,19(27)30-6-3)9-15-11-23-24(13-15)12-14-7-8-16(21)22-10-14/h7-8,10-11,13H,4-6,9,12H2,1-3H3. The Morgan fingerprint density at radius 1 is 0.933 bits per heavy atom. The van der Waals surface area contributed by atoms with Crippen LogP contribution in [0.3, 0.4) is 0 Å². The van der Waals surface area contributed by atoms with Crippen LogP contribution in [0.4, 0.5) is 0 Å². The number of rotatable bonds is 10. The average molecular weight is 438 g/mol. The highest BCUT2D eigenvalue weighted by Gasteiger charge is 2.57. The van der Waals surface area contributed by atoms with E-state index in [4.69, 9.17) is 25.8 Å². The molecule has 2 rings (SSSR count). The van der Waals surface area contributed by atoms with Gasteiger partial charge in [0.05, 0.1) is 32.6 Å². The topological polar surface area (TPSA) is 110 Å². The molecule has 0 aliphatic rings. The molecule has 0 saturated carbocycles. The van der Waals surface area contributed by atoms with Crippen LogP contribution in [0.2, 0.25) is 5.15 Å². The summed E-state index contributed by atoms with van der Waals surface area (Å²) in [5.74, 6) is -3.05. The Balaban J connectivity index is 2.35. The number of carbonyl (C=O) groups is 3. The lowest BCUT2D eigenvalue weighted by molar-refractivity contribution is -0.183. The molecule has 30 heavy (non-hydrogen) atoms. The number of hydrogen-bond acceptors (Lipinski definition) is 8. The van der Waals surface area contributed by atoms with Crippen molar-refractivity contribution in [3.63, 3.8) is 0 Å². The monoisotopic (exact) mass is 437 g/mol. The van der Waals surface area contributed by atoms with Crippen molar-refractivity contribution in [2.24, 2.45) is 5.41 Å². The molecule has 0 bridgehead atoms. The van der Waals surface area contributed by atoms with Crippen LogP contribution in [0.25, 0.3) is 0 Å².